The van der Waals surface area contributed by atoms with Gasteiger partial charge in [-0.2, -0.15) is 0 Å². The smallest absolute Gasteiger partial charge is 0.340 e. The molecule has 1 N–H and O–H groups in total. The van der Waals surface area contributed by atoms with Gasteiger partial charge in [0.1, 0.15) is 12.4 Å². The van der Waals surface area contributed by atoms with Gasteiger partial charge in [0.25, 0.3) is 5.69 Å². The van der Waals surface area contributed by atoms with E-state index in [2.05, 4.69) is 10.3 Å². The number of non-ortho nitro benzene ring substituents is 1. The molecule has 242 valence electrons. The largest absolute Gasteiger partial charge is 0.493 e. The average molecular weight is 640 g/mol. The lowest BCUT2D eigenvalue weighted by atomic mass is 9.92. The summed E-state index contributed by atoms with van der Waals surface area (Å²) in [5, 5.41) is 14.1. The van der Waals surface area contributed by atoms with E-state index in [0.717, 1.165) is 5.56 Å². The Bertz CT molecular complexity index is 1880. The van der Waals surface area contributed by atoms with E-state index in [4.69, 9.17) is 23.7 Å². The number of aromatic nitrogens is 1. The summed E-state index contributed by atoms with van der Waals surface area (Å²) in [7, 11) is 3.03. The maximum Gasteiger partial charge on any atom is 0.340 e. The molecule has 12 heteroatoms. The van der Waals surface area contributed by atoms with Crippen LogP contribution in [0, 0.1) is 17.0 Å². The van der Waals surface area contributed by atoms with Gasteiger partial charge in [-0.3, -0.25) is 14.9 Å². The number of rotatable bonds is 12. The number of carbonyl (C=O) groups excluding carboxylic acids is 2. The number of ether oxygens (including phenoxy) is 5. The normalized spacial score (nSPS) is 12.7. The molecule has 4 aromatic rings. The first-order chi connectivity index (χ1) is 22.7. The van der Waals surface area contributed by atoms with E-state index in [1.54, 1.807) is 68.5 Å². The second kappa shape index (κ2) is 14.0. The summed E-state index contributed by atoms with van der Waals surface area (Å²) in [4.78, 5) is 42.3. The molecule has 0 saturated carbocycles. The number of allylic oxidation sites excluding steroid dienone is 1. The summed E-state index contributed by atoms with van der Waals surface area (Å²) in [6, 6.07) is 16.5. The average Bonchev–Trinajstić information content (AvgIpc) is 3.37. The molecule has 1 aliphatic heterocycles. The quantitative estimate of drug-likeness (QED) is 0.0756. The number of esters is 1. The zero-order chi connectivity index (χ0) is 33.7. The van der Waals surface area contributed by atoms with Gasteiger partial charge >= 0.3 is 5.97 Å². The number of pyridine rings is 1. The Kier molecular flexibility index (Phi) is 9.69. The van der Waals surface area contributed by atoms with E-state index >= 15 is 0 Å². The monoisotopic (exact) mass is 639 g/mol. The van der Waals surface area contributed by atoms with Gasteiger partial charge in [-0.1, -0.05) is 12.1 Å². The number of benzene rings is 3. The van der Waals surface area contributed by atoms with Crippen molar-refractivity contribution >= 4 is 29.3 Å². The number of aryl methyl sites for hydroxylation is 1. The summed E-state index contributed by atoms with van der Waals surface area (Å²) in [6.45, 7) is 5.92. The lowest BCUT2D eigenvalue weighted by Gasteiger charge is -2.16. The fourth-order valence-electron chi connectivity index (χ4n) is 5.21. The number of anilines is 1. The van der Waals surface area contributed by atoms with Crippen molar-refractivity contribution in [3.8, 4) is 34.1 Å². The second-order valence-electron chi connectivity index (χ2n) is 10.3. The minimum absolute atomic E-state index is 0.00307. The van der Waals surface area contributed by atoms with E-state index in [1.165, 1.54) is 26.4 Å². The highest BCUT2D eigenvalue weighted by molar-refractivity contribution is 6.24. The van der Waals surface area contributed by atoms with Crippen molar-refractivity contribution in [3.63, 3.8) is 0 Å². The van der Waals surface area contributed by atoms with Crippen LogP contribution in [0.1, 0.15) is 51.4 Å². The Morgan fingerprint density at radius 3 is 2.28 bits per heavy atom. The summed E-state index contributed by atoms with van der Waals surface area (Å²) < 4.78 is 28.1. The molecule has 0 atom stereocenters. The predicted octanol–water partition coefficient (Wildman–Crippen LogP) is 6.79. The fraction of sp³-hybridized carbons (Fsp3) is 0.229. The van der Waals surface area contributed by atoms with Gasteiger partial charge in [0.15, 0.2) is 23.0 Å². The van der Waals surface area contributed by atoms with E-state index in [0.29, 0.717) is 57.8 Å². The zero-order valence-corrected chi connectivity index (χ0v) is 26.5. The van der Waals surface area contributed by atoms with Crippen LogP contribution in [-0.4, -0.2) is 49.1 Å². The van der Waals surface area contributed by atoms with Gasteiger partial charge in [0, 0.05) is 17.7 Å². The van der Waals surface area contributed by atoms with Crippen LogP contribution in [0.2, 0.25) is 0 Å². The molecule has 2 heterocycles. The van der Waals surface area contributed by atoms with Crippen molar-refractivity contribution in [1.82, 2.24) is 4.98 Å². The fourth-order valence-corrected chi connectivity index (χ4v) is 5.21. The van der Waals surface area contributed by atoms with Gasteiger partial charge in [-0.15, -0.1) is 0 Å². The number of Topliss-reactive ketones (excluding diaryl/α,β-unsaturated/α-hetero) is 1. The van der Waals surface area contributed by atoms with Gasteiger partial charge in [0.2, 0.25) is 5.78 Å². The van der Waals surface area contributed by atoms with Crippen LogP contribution in [0.4, 0.5) is 11.5 Å². The van der Waals surface area contributed by atoms with E-state index in [1.807, 2.05) is 6.92 Å². The van der Waals surface area contributed by atoms with Crippen molar-refractivity contribution in [3.05, 3.63) is 104 Å². The third-order valence-electron chi connectivity index (χ3n) is 7.37. The standard InChI is InChI=1S/C35H33N3O9/c1-6-45-29-17-22(10-14-27(29)47-19-21-8-12-24(13-9-21)38(41)42)16-25-33(39)32-31(23-11-15-26(43-4)28(18-23)44-5)30(35(40)46-7-2)20(3)36-34(32)37-25/h8-18H,6-7,19H2,1-5H3,(H,36,37)/b25-16-. The highest BCUT2D eigenvalue weighted by Gasteiger charge is 2.35. The van der Waals surface area contributed by atoms with Crippen molar-refractivity contribution in [2.45, 2.75) is 27.4 Å². The Morgan fingerprint density at radius 1 is 0.894 bits per heavy atom. The summed E-state index contributed by atoms with van der Waals surface area (Å²) in [5.74, 6) is 1.19. The van der Waals surface area contributed by atoms with Crippen LogP contribution in [0.5, 0.6) is 23.0 Å². The topological polar surface area (TPSA) is 148 Å². The number of nitro benzene ring substituents is 1. The predicted molar refractivity (Wildman–Crippen MR) is 174 cm³/mol. The molecule has 0 fully saturated rings. The molecule has 3 aromatic carbocycles. The van der Waals surface area contributed by atoms with Crippen LogP contribution in [0.25, 0.3) is 17.2 Å². The Labute approximate surface area is 271 Å². The third kappa shape index (κ3) is 6.71. The number of nitro groups is 1. The van der Waals surface area contributed by atoms with Crippen LogP contribution in [0.15, 0.2) is 66.4 Å². The first-order valence-corrected chi connectivity index (χ1v) is 14.8. The number of nitrogens with one attached hydrogen (secondary N) is 1. The van der Waals surface area contributed by atoms with Gasteiger partial charge in [-0.05, 0) is 79.9 Å². The number of hydrogen-bond donors (Lipinski definition) is 1. The van der Waals surface area contributed by atoms with Crippen molar-refractivity contribution in [1.29, 1.82) is 0 Å². The van der Waals surface area contributed by atoms with E-state index in [9.17, 15) is 19.7 Å². The first kappa shape index (κ1) is 32.5. The molecule has 0 amide bonds. The molecule has 1 aliphatic rings. The zero-order valence-electron chi connectivity index (χ0n) is 26.5. The maximum absolute atomic E-state index is 14.0. The van der Waals surface area contributed by atoms with Crippen molar-refractivity contribution in [2.75, 3.05) is 32.8 Å². The number of hydrogen-bond acceptors (Lipinski definition) is 11. The Hall–Kier alpha value is -5.91. The highest BCUT2D eigenvalue weighted by Crippen LogP contribution is 2.42. The van der Waals surface area contributed by atoms with Crippen molar-refractivity contribution < 1.29 is 38.2 Å². The lowest BCUT2D eigenvalue weighted by molar-refractivity contribution is -0.384. The number of ketones is 1. The van der Waals surface area contributed by atoms with Gasteiger partial charge in [-0.25, -0.2) is 9.78 Å². The summed E-state index contributed by atoms with van der Waals surface area (Å²) >= 11 is 0. The molecular formula is C35H33N3O9. The minimum Gasteiger partial charge on any atom is -0.493 e. The molecule has 0 bridgehead atoms. The van der Waals surface area contributed by atoms with Gasteiger partial charge in [0.05, 0.1) is 54.9 Å². The Balaban J connectivity index is 1.51. The molecule has 5 rings (SSSR count). The van der Waals surface area contributed by atoms with Crippen LogP contribution < -0.4 is 24.3 Å². The van der Waals surface area contributed by atoms with E-state index in [-0.39, 0.29) is 41.5 Å². The molecule has 0 radical (unpaired) electrons. The number of carbonyl (C=O) groups is 2. The number of nitrogens with zero attached hydrogens (tertiary/aromatic N) is 2. The Morgan fingerprint density at radius 2 is 1.62 bits per heavy atom. The van der Waals surface area contributed by atoms with Crippen molar-refractivity contribution in [2.24, 2.45) is 0 Å². The summed E-state index contributed by atoms with van der Waals surface area (Å²) in [5.41, 5.74) is 3.37. The van der Waals surface area contributed by atoms with Gasteiger partial charge < -0.3 is 29.0 Å². The SMILES string of the molecule is CCOC(=O)c1c(C)nc2c(c1-c1ccc(OC)c(OC)c1)C(=O)/C(=C/c1ccc(OCc3ccc([N+](=O)[O-])cc3)c(OCC)c1)N2. The highest BCUT2D eigenvalue weighted by atomic mass is 16.6. The first-order valence-electron chi connectivity index (χ1n) is 14.8. The minimum atomic E-state index is -0.596. The summed E-state index contributed by atoms with van der Waals surface area (Å²) in [6.07, 6.45) is 1.67. The number of methoxy groups -OCH3 is 2. The molecular weight excluding hydrogens is 606 g/mol. The molecule has 47 heavy (non-hydrogen) atoms. The maximum atomic E-state index is 14.0. The molecule has 0 spiro atoms. The van der Waals surface area contributed by atoms with Crippen LogP contribution in [-0.2, 0) is 11.3 Å². The molecule has 0 aliphatic carbocycles. The van der Waals surface area contributed by atoms with Crippen LogP contribution in [0.3, 0.4) is 0 Å². The molecule has 12 nitrogen and oxygen atoms in total. The third-order valence-corrected chi connectivity index (χ3v) is 7.37. The molecule has 0 unspecified atom stereocenters. The second-order valence-corrected chi connectivity index (χ2v) is 10.3. The molecule has 1 aromatic heterocycles. The molecule has 0 saturated heterocycles. The van der Waals surface area contributed by atoms with E-state index < -0.39 is 10.9 Å². The number of fused-ring (bicyclic) bond motifs is 1. The van der Waals surface area contributed by atoms with Crippen LogP contribution >= 0.6 is 0 Å². The lowest BCUT2D eigenvalue weighted by Crippen LogP contribution is -2.13.